The number of hydrogen-bond acceptors (Lipinski definition) is 6. The Balaban J connectivity index is 1.37. The van der Waals surface area contributed by atoms with Gasteiger partial charge in [-0.2, -0.15) is 0 Å². The standard InChI is InChI=1S/C26H30BFO6/c1-25(2)26(3,4)34-27(33-25)19-9-10-20(28)24-18(19)8-11-21(24)32-16-6-7-17-15(12-23(29)30-5)14-31-22(17)13-16/h6-7,9-10,13,15,21H,8,11-12,14H2,1-5H3. The van der Waals surface area contributed by atoms with Crippen LogP contribution in [0.1, 0.15) is 69.2 Å². The molecule has 2 aliphatic heterocycles. The minimum absolute atomic E-state index is 0.0383. The molecule has 0 radical (unpaired) electrons. The molecule has 1 aliphatic carbocycles. The molecule has 1 fully saturated rings. The topological polar surface area (TPSA) is 63.2 Å². The van der Waals surface area contributed by atoms with E-state index in [0.29, 0.717) is 36.5 Å². The van der Waals surface area contributed by atoms with Crippen molar-refractivity contribution in [3.8, 4) is 11.5 Å². The van der Waals surface area contributed by atoms with E-state index in [9.17, 15) is 4.79 Å². The number of benzene rings is 2. The highest BCUT2D eigenvalue weighted by Crippen LogP contribution is 2.42. The van der Waals surface area contributed by atoms with Crippen LogP contribution in [0.3, 0.4) is 0 Å². The molecule has 1 saturated heterocycles. The molecule has 34 heavy (non-hydrogen) atoms. The van der Waals surface area contributed by atoms with E-state index in [1.165, 1.54) is 13.2 Å². The van der Waals surface area contributed by atoms with Crippen molar-refractivity contribution in [3.05, 3.63) is 52.8 Å². The van der Waals surface area contributed by atoms with Crippen molar-refractivity contribution < 1.29 is 32.7 Å². The molecule has 2 aromatic carbocycles. The molecular weight excluding hydrogens is 438 g/mol. The van der Waals surface area contributed by atoms with Crippen LogP contribution in [0.25, 0.3) is 0 Å². The van der Waals surface area contributed by atoms with Crippen molar-refractivity contribution in [2.75, 3.05) is 13.7 Å². The zero-order valence-corrected chi connectivity index (χ0v) is 20.3. The Morgan fingerprint density at radius 1 is 1.15 bits per heavy atom. The van der Waals surface area contributed by atoms with Crippen molar-refractivity contribution in [2.24, 2.45) is 0 Å². The summed E-state index contributed by atoms with van der Waals surface area (Å²) in [5, 5.41) is 0. The molecule has 2 unspecified atom stereocenters. The first-order valence-corrected chi connectivity index (χ1v) is 11.8. The number of carbonyl (C=O) groups is 1. The highest BCUT2D eigenvalue weighted by Gasteiger charge is 2.52. The number of esters is 1. The minimum atomic E-state index is -0.543. The van der Waals surface area contributed by atoms with Gasteiger partial charge in [0.2, 0.25) is 0 Å². The summed E-state index contributed by atoms with van der Waals surface area (Å²) in [6.45, 7) is 8.46. The van der Waals surface area contributed by atoms with Crippen molar-refractivity contribution >= 4 is 18.6 Å². The predicted octanol–water partition coefficient (Wildman–Crippen LogP) is 4.23. The van der Waals surface area contributed by atoms with Crippen LogP contribution in [0.4, 0.5) is 4.39 Å². The van der Waals surface area contributed by atoms with Crippen LogP contribution in [0, 0.1) is 5.82 Å². The largest absolute Gasteiger partial charge is 0.495 e. The fourth-order valence-electron chi connectivity index (χ4n) is 4.96. The molecule has 2 atom stereocenters. The van der Waals surface area contributed by atoms with E-state index < -0.39 is 24.4 Å². The second-order valence-corrected chi connectivity index (χ2v) is 10.3. The number of carbonyl (C=O) groups excluding carboxylic acids is 1. The lowest BCUT2D eigenvalue weighted by Gasteiger charge is -2.32. The minimum Gasteiger partial charge on any atom is -0.492 e. The summed E-state index contributed by atoms with van der Waals surface area (Å²) in [4.78, 5) is 11.7. The van der Waals surface area contributed by atoms with Crippen LogP contribution < -0.4 is 14.9 Å². The van der Waals surface area contributed by atoms with E-state index in [0.717, 1.165) is 16.6 Å². The second kappa shape index (κ2) is 8.27. The third-order valence-corrected chi connectivity index (χ3v) is 7.61. The zero-order chi connectivity index (χ0) is 24.3. The van der Waals surface area contributed by atoms with Crippen LogP contribution >= 0.6 is 0 Å². The molecule has 0 N–H and O–H groups in total. The van der Waals surface area contributed by atoms with E-state index in [-0.39, 0.29) is 24.1 Å². The number of ether oxygens (including phenoxy) is 3. The summed E-state index contributed by atoms with van der Waals surface area (Å²) < 4.78 is 44.3. The van der Waals surface area contributed by atoms with Crippen molar-refractivity contribution in [2.45, 2.75) is 70.2 Å². The molecule has 8 heteroatoms. The van der Waals surface area contributed by atoms with Gasteiger partial charge in [-0.25, -0.2) is 4.39 Å². The van der Waals surface area contributed by atoms with E-state index in [4.69, 9.17) is 23.5 Å². The molecule has 6 nitrogen and oxygen atoms in total. The Hall–Kier alpha value is -2.58. The van der Waals surface area contributed by atoms with Gasteiger partial charge in [0.25, 0.3) is 0 Å². The summed E-state index contributed by atoms with van der Waals surface area (Å²) in [5.41, 5.74) is 2.35. The Kier molecular flexibility index (Phi) is 5.64. The van der Waals surface area contributed by atoms with Gasteiger partial charge in [0.05, 0.1) is 31.3 Å². The van der Waals surface area contributed by atoms with Gasteiger partial charge in [0.1, 0.15) is 23.4 Å². The Bertz CT molecular complexity index is 1110. The van der Waals surface area contributed by atoms with Crippen LogP contribution in [0.2, 0.25) is 0 Å². The molecule has 0 bridgehead atoms. The average molecular weight is 468 g/mol. The van der Waals surface area contributed by atoms with Crippen LogP contribution in [0.5, 0.6) is 11.5 Å². The summed E-state index contributed by atoms with van der Waals surface area (Å²) in [7, 11) is 0.838. The Labute approximate surface area is 199 Å². The smallest absolute Gasteiger partial charge is 0.492 e. The summed E-state index contributed by atoms with van der Waals surface area (Å²) >= 11 is 0. The number of methoxy groups -OCH3 is 1. The third-order valence-electron chi connectivity index (χ3n) is 7.61. The maximum Gasteiger partial charge on any atom is 0.495 e. The average Bonchev–Trinajstić information content (AvgIpc) is 3.43. The Morgan fingerprint density at radius 2 is 1.88 bits per heavy atom. The predicted molar refractivity (Wildman–Crippen MR) is 125 cm³/mol. The van der Waals surface area contributed by atoms with Crippen LogP contribution in [-0.4, -0.2) is 38.0 Å². The quantitative estimate of drug-likeness (QED) is 0.484. The van der Waals surface area contributed by atoms with Gasteiger partial charge in [0.15, 0.2) is 0 Å². The molecule has 5 rings (SSSR count). The maximum atomic E-state index is 15.0. The van der Waals surface area contributed by atoms with E-state index in [1.807, 2.05) is 45.9 Å². The van der Waals surface area contributed by atoms with Crippen LogP contribution in [0.15, 0.2) is 30.3 Å². The molecule has 2 aromatic rings. The van der Waals surface area contributed by atoms with Gasteiger partial charge >= 0.3 is 13.1 Å². The molecule has 0 aromatic heterocycles. The van der Waals surface area contributed by atoms with E-state index in [2.05, 4.69) is 0 Å². The fraction of sp³-hybridized carbons (Fsp3) is 0.500. The molecule has 2 heterocycles. The first-order chi connectivity index (χ1) is 16.1. The number of hydrogen-bond donors (Lipinski definition) is 0. The van der Waals surface area contributed by atoms with E-state index in [1.54, 1.807) is 6.07 Å². The summed E-state index contributed by atoms with van der Waals surface area (Å²) in [6, 6.07) is 8.83. The van der Waals surface area contributed by atoms with Crippen LogP contribution in [-0.2, 0) is 25.3 Å². The summed E-state index contributed by atoms with van der Waals surface area (Å²) in [6.07, 6.45) is 1.20. The lowest BCUT2D eigenvalue weighted by Crippen LogP contribution is -2.41. The van der Waals surface area contributed by atoms with Crippen molar-refractivity contribution in [1.29, 1.82) is 0 Å². The van der Waals surface area contributed by atoms with E-state index >= 15 is 4.39 Å². The monoisotopic (exact) mass is 468 g/mol. The maximum absolute atomic E-state index is 15.0. The molecule has 0 amide bonds. The van der Waals surface area contributed by atoms with Crippen molar-refractivity contribution in [1.82, 2.24) is 0 Å². The zero-order valence-electron chi connectivity index (χ0n) is 20.3. The molecule has 0 saturated carbocycles. The molecule has 0 spiro atoms. The highest BCUT2D eigenvalue weighted by molar-refractivity contribution is 6.62. The van der Waals surface area contributed by atoms with Gasteiger partial charge in [0, 0.05) is 23.1 Å². The normalized spacial score (nSPS) is 23.9. The SMILES string of the molecule is COC(=O)CC1COc2cc(OC3CCc4c(B5OC(C)(C)C(C)(C)O5)ccc(F)c43)ccc21. The molecular formula is C26H30BFO6. The van der Waals surface area contributed by atoms with Gasteiger partial charge in [-0.1, -0.05) is 12.1 Å². The molecule has 180 valence electrons. The first-order valence-electron chi connectivity index (χ1n) is 11.8. The van der Waals surface area contributed by atoms with Gasteiger partial charge in [-0.05, 0) is 63.7 Å². The lowest BCUT2D eigenvalue weighted by atomic mass is 9.75. The van der Waals surface area contributed by atoms with Gasteiger partial charge in [-0.15, -0.1) is 0 Å². The Morgan fingerprint density at radius 3 is 2.59 bits per heavy atom. The van der Waals surface area contributed by atoms with Gasteiger partial charge < -0.3 is 23.5 Å². The first kappa shape index (κ1) is 23.2. The summed E-state index contributed by atoms with van der Waals surface area (Å²) in [5.74, 6) is 0.710. The lowest BCUT2D eigenvalue weighted by molar-refractivity contribution is -0.141. The second-order valence-electron chi connectivity index (χ2n) is 10.3. The number of rotatable bonds is 5. The number of fused-ring (bicyclic) bond motifs is 2. The fourth-order valence-corrected chi connectivity index (χ4v) is 4.96. The van der Waals surface area contributed by atoms with Gasteiger partial charge in [-0.3, -0.25) is 4.79 Å². The molecule has 3 aliphatic rings. The third kappa shape index (κ3) is 3.87. The van der Waals surface area contributed by atoms with Crippen molar-refractivity contribution in [3.63, 3.8) is 0 Å². The number of halogens is 1. The highest BCUT2D eigenvalue weighted by atomic mass is 19.1.